The van der Waals surface area contributed by atoms with Gasteiger partial charge in [-0.05, 0) is 82.9 Å². The van der Waals surface area contributed by atoms with E-state index in [1.54, 1.807) is 48.8 Å². The third-order valence-corrected chi connectivity index (χ3v) is 12.1. The van der Waals surface area contributed by atoms with Crippen LogP contribution >= 0.6 is 69.6 Å². The van der Waals surface area contributed by atoms with Gasteiger partial charge in [-0.15, -0.1) is 0 Å². The number of aliphatic hydroxyl groups is 1. The molecule has 0 bridgehead atoms. The Morgan fingerprint density at radius 1 is 0.629 bits per heavy atom. The number of aromatic nitrogens is 2. The highest BCUT2D eigenvalue weighted by Crippen LogP contribution is 2.37. The molecule has 3 fully saturated rings. The summed E-state index contributed by atoms with van der Waals surface area (Å²) in [5.74, 6) is 0.927. The van der Waals surface area contributed by atoms with Crippen molar-refractivity contribution in [2.75, 3.05) is 62.2 Å². The normalized spacial score (nSPS) is 19.1. The van der Waals surface area contributed by atoms with Crippen LogP contribution in [0, 0.1) is 11.6 Å². The summed E-state index contributed by atoms with van der Waals surface area (Å²) in [6.45, 7) is 5.81. The predicted molar refractivity (Wildman–Crippen MR) is 247 cm³/mol. The number of pyridine rings is 2. The van der Waals surface area contributed by atoms with Gasteiger partial charge in [-0.2, -0.15) is 0 Å². The number of rotatable bonds is 8. The summed E-state index contributed by atoms with van der Waals surface area (Å²) in [7, 11) is 0. The summed E-state index contributed by atoms with van der Waals surface area (Å²) in [6.07, 6.45) is 2.74. The Balaban J connectivity index is 0.000000159. The van der Waals surface area contributed by atoms with E-state index in [0.29, 0.717) is 62.7 Å². The molecule has 62 heavy (non-hydrogen) atoms. The van der Waals surface area contributed by atoms with Gasteiger partial charge in [-0.1, -0.05) is 118 Å². The third-order valence-electron chi connectivity index (χ3n) is 10.6. The average molecular weight is 962 g/mol. The number of nitrogens with zero attached hydrogens (tertiary/aromatic N) is 5. The van der Waals surface area contributed by atoms with Crippen LogP contribution in [0.4, 0.5) is 20.4 Å². The Morgan fingerprint density at radius 2 is 1.11 bits per heavy atom. The van der Waals surface area contributed by atoms with Crippen molar-refractivity contribution in [3.05, 3.63) is 186 Å². The first-order valence-corrected chi connectivity index (χ1v) is 22.1. The summed E-state index contributed by atoms with van der Waals surface area (Å²) in [5.41, 5.74) is 4.01. The molecule has 3 aliphatic rings. The number of ether oxygens (including phenoxy) is 1. The molecule has 3 saturated heterocycles. The third kappa shape index (κ3) is 12.5. The van der Waals surface area contributed by atoms with Crippen molar-refractivity contribution in [3.63, 3.8) is 0 Å². The zero-order chi connectivity index (χ0) is 43.8. The summed E-state index contributed by atoms with van der Waals surface area (Å²) in [6, 6.07) is 31.5. The Kier molecular flexibility index (Phi) is 16.2. The Hall–Kier alpha value is -3.78. The Labute approximate surface area is 389 Å². The van der Waals surface area contributed by atoms with Gasteiger partial charge in [0.1, 0.15) is 29.4 Å². The fraction of sp³-hybridized carbons (Fsp3) is 0.261. The highest BCUT2D eigenvalue weighted by molar-refractivity contribution is 6.36. The van der Waals surface area contributed by atoms with E-state index >= 15 is 0 Å². The van der Waals surface area contributed by atoms with Crippen molar-refractivity contribution >= 4 is 81.2 Å². The minimum atomic E-state index is -0.713. The number of hydrogen-bond donors (Lipinski definition) is 2. The Morgan fingerprint density at radius 3 is 1.63 bits per heavy atom. The van der Waals surface area contributed by atoms with Crippen LogP contribution in [0.1, 0.15) is 46.5 Å². The lowest BCUT2D eigenvalue weighted by Gasteiger charge is -2.43. The van der Waals surface area contributed by atoms with E-state index in [0.717, 1.165) is 48.2 Å². The van der Waals surface area contributed by atoms with Crippen LogP contribution in [0.25, 0.3) is 0 Å². The first-order chi connectivity index (χ1) is 29.9. The fourth-order valence-corrected chi connectivity index (χ4v) is 8.59. The fourth-order valence-electron chi connectivity index (χ4n) is 7.36. The largest absolute Gasteiger partial charge is 0.387 e. The molecule has 4 aromatic carbocycles. The molecular formula is C46H42Cl6F2N6O2. The lowest BCUT2D eigenvalue weighted by molar-refractivity contribution is 0.100. The zero-order valence-electron chi connectivity index (χ0n) is 33.1. The van der Waals surface area contributed by atoms with Gasteiger partial charge in [-0.3, -0.25) is 4.90 Å². The number of aliphatic hydroxyl groups excluding tert-OH is 1. The minimum Gasteiger partial charge on any atom is -0.387 e. The van der Waals surface area contributed by atoms with E-state index in [1.165, 1.54) is 29.8 Å². The van der Waals surface area contributed by atoms with Gasteiger partial charge in [0.25, 0.3) is 0 Å². The standard InChI is InChI=1S/C23H21Cl3FN3O.C15H14Cl3N3.C8H7FO/c24-17-5-1-15(2-6-17)21-13-29(14-22(31)16-3-7-19(27)8-4-16)9-10-30(21)23-20(26)11-18(25)12-28-23;16-11-3-1-10(2-4-11)14-9-19-5-6-21(14)15-13(18)7-12(17)8-20-15;9-7-3-1-6(2-4-7)8-5-10-8/h1-8,11-12,21-22,31H,9-10,13-14H2;1-4,7-8,14,19H,5-6,9H2;1-4,8H,5H2/t21-,22+;14-;8-/m001/s1. The molecule has 0 spiro atoms. The van der Waals surface area contributed by atoms with Gasteiger partial charge >= 0.3 is 0 Å². The SMILES string of the molecule is Clc1ccc([C@@H]2CNCCN2c2ncc(Cl)cc2Cl)cc1.Fc1ccc([C@H]2CO2)cc1.O[C@H](CN1CCN(c2ncc(Cl)cc2Cl)[C@H](c2ccc(Cl)cc2)C1)c1ccc(F)cc1. The molecule has 0 radical (unpaired) electrons. The van der Waals surface area contributed by atoms with Crippen LogP contribution in [-0.2, 0) is 4.74 Å². The highest BCUT2D eigenvalue weighted by Gasteiger charge is 2.32. The molecule has 0 saturated carbocycles. The summed E-state index contributed by atoms with van der Waals surface area (Å²) in [5, 5.41) is 17.6. The number of β-amino-alcohol motifs (C(OH)–C–C–N with tert-alkyl or cyclic N) is 1. The van der Waals surface area contributed by atoms with E-state index in [-0.39, 0.29) is 29.8 Å². The molecule has 2 N–H and O–H groups in total. The quantitative estimate of drug-likeness (QED) is 0.146. The summed E-state index contributed by atoms with van der Waals surface area (Å²) < 4.78 is 30.5. The highest BCUT2D eigenvalue weighted by atomic mass is 35.5. The van der Waals surface area contributed by atoms with Gasteiger partial charge < -0.3 is 25.0 Å². The molecule has 5 heterocycles. The molecule has 0 unspecified atom stereocenters. The van der Waals surface area contributed by atoms with Crippen molar-refractivity contribution in [2.24, 2.45) is 0 Å². The molecular weight excluding hydrogens is 919 g/mol. The van der Waals surface area contributed by atoms with Gasteiger partial charge in [-0.25, -0.2) is 18.7 Å². The van der Waals surface area contributed by atoms with Crippen molar-refractivity contribution in [1.82, 2.24) is 20.2 Å². The maximum absolute atomic E-state index is 13.2. The van der Waals surface area contributed by atoms with E-state index in [9.17, 15) is 13.9 Å². The number of nitrogens with one attached hydrogen (secondary N) is 1. The second kappa shape index (κ2) is 21.7. The lowest BCUT2D eigenvalue weighted by atomic mass is 10.0. The smallest absolute Gasteiger partial charge is 0.148 e. The van der Waals surface area contributed by atoms with Gasteiger partial charge in [0, 0.05) is 68.3 Å². The van der Waals surface area contributed by atoms with Crippen LogP contribution in [0.5, 0.6) is 0 Å². The first-order valence-electron chi connectivity index (χ1n) is 19.8. The Bertz CT molecular complexity index is 2380. The summed E-state index contributed by atoms with van der Waals surface area (Å²) in [4.78, 5) is 15.4. The predicted octanol–water partition coefficient (Wildman–Crippen LogP) is 11.9. The van der Waals surface area contributed by atoms with Gasteiger partial charge in [0.15, 0.2) is 0 Å². The second-order valence-corrected chi connectivity index (χ2v) is 17.4. The van der Waals surface area contributed by atoms with E-state index < -0.39 is 6.10 Å². The molecule has 9 rings (SSSR count). The van der Waals surface area contributed by atoms with Gasteiger partial charge in [0.2, 0.25) is 0 Å². The molecule has 0 aliphatic carbocycles. The molecule has 8 nitrogen and oxygen atoms in total. The average Bonchev–Trinajstić information content (AvgIpc) is 4.12. The molecule has 324 valence electrons. The van der Waals surface area contributed by atoms with Crippen molar-refractivity contribution < 1.29 is 18.6 Å². The monoisotopic (exact) mass is 958 g/mol. The number of anilines is 2. The van der Waals surface area contributed by atoms with Crippen molar-refractivity contribution in [3.8, 4) is 0 Å². The van der Waals surface area contributed by atoms with Crippen LogP contribution in [0.3, 0.4) is 0 Å². The number of benzene rings is 4. The maximum atomic E-state index is 13.2. The van der Waals surface area contributed by atoms with E-state index in [2.05, 4.69) is 30.0 Å². The van der Waals surface area contributed by atoms with Gasteiger partial charge in [0.05, 0.1) is 44.9 Å². The van der Waals surface area contributed by atoms with Crippen molar-refractivity contribution in [1.29, 1.82) is 0 Å². The molecule has 16 heteroatoms. The first kappa shape index (κ1) is 46.2. The number of epoxide rings is 1. The van der Waals surface area contributed by atoms with E-state index in [1.807, 2.05) is 48.5 Å². The van der Waals surface area contributed by atoms with Crippen LogP contribution in [0.15, 0.2) is 122 Å². The van der Waals surface area contributed by atoms with Crippen LogP contribution in [0.2, 0.25) is 30.1 Å². The van der Waals surface area contributed by atoms with E-state index in [4.69, 9.17) is 74.3 Å². The maximum Gasteiger partial charge on any atom is 0.148 e. The number of halogens is 8. The van der Waals surface area contributed by atoms with Crippen molar-refractivity contribution in [2.45, 2.75) is 24.3 Å². The minimum absolute atomic E-state index is 0.0439. The zero-order valence-corrected chi connectivity index (χ0v) is 37.7. The van der Waals surface area contributed by atoms with Crippen LogP contribution in [-0.4, -0.2) is 72.4 Å². The number of piperazine rings is 2. The molecule has 6 aromatic rings. The second-order valence-electron chi connectivity index (χ2n) is 14.8. The molecule has 2 aromatic heterocycles. The molecule has 0 amide bonds. The lowest BCUT2D eigenvalue weighted by Crippen LogP contribution is -2.49. The molecule has 3 aliphatic heterocycles. The molecule has 4 atom stereocenters. The topological polar surface area (TPSA) is 80.3 Å². The number of hydrogen-bond acceptors (Lipinski definition) is 8. The van der Waals surface area contributed by atoms with Crippen LogP contribution < -0.4 is 15.1 Å². The summed E-state index contributed by atoms with van der Waals surface area (Å²) >= 11 is 36.8.